The minimum absolute atomic E-state index is 0.0357. The average Bonchev–Trinajstić information content (AvgIpc) is 3.22. The van der Waals surface area contributed by atoms with Gasteiger partial charge >= 0.3 is 0 Å². The van der Waals surface area contributed by atoms with Crippen molar-refractivity contribution in [1.82, 2.24) is 4.90 Å². The quantitative estimate of drug-likeness (QED) is 0.454. The molecule has 0 fully saturated rings. The molecule has 1 amide bonds. The Morgan fingerprint density at radius 2 is 1.88 bits per heavy atom. The molecule has 2 aliphatic rings. The Hall–Kier alpha value is -3.15. The second-order valence-corrected chi connectivity index (χ2v) is 10.3. The van der Waals surface area contributed by atoms with Gasteiger partial charge < -0.3 is 9.47 Å². The SMILES string of the molecule is CCOc1cc(/C=C2/C(=N)N3C(=NC2=O)SN=C3S(C)(=O)=O)ccc1OCc1ccc(Cl)cc1. The molecule has 2 heterocycles. The number of halogens is 1. The van der Waals surface area contributed by atoms with Crippen LogP contribution in [-0.4, -0.2) is 48.3 Å². The zero-order valence-corrected chi connectivity index (χ0v) is 20.5. The normalized spacial score (nSPS) is 16.9. The summed E-state index contributed by atoms with van der Waals surface area (Å²) in [5.74, 6) is -0.00780. The summed E-state index contributed by atoms with van der Waals surface area (Å²) in [5.41, 5.74) is 1.42. The highest BCUT2D eigenvalue weighted by molar-refractivity contribution is 8.16. The monoisotopic (exact) mass is 518 g/mol. The topological polar surface area (TPSA) is 121 Å². The summed E-state index contributed by atoms with van der Waals surface area (Å²) < 4.78 is 39.5. The molecule has 0 saturated heterocycles. The minimum atomic E-state index is -3.72. The number of nitrogens with one attached hydrogen (secondary N) is 1. The maximum Gasteiger partial charge on any atom is 0.283 e. The number of aliphatic imine (C=N–C) groups is 1. The molecule has 2 aromatic carbocycles. The van der Waals surface area contributed by atoms with Crippen LogP contribution in [-0.2, 0) is 21.2 Å². The maximum atomic E-state index is 12.6. The Kier molecular flexibility index (Phi) is 6.78. The first-order valence-corrected chi connectivity index (χ1v) is 13.0. The average molecular weight is 519 g/mol. The van der Waals surface area contributed by atoms with E-state index in [1.165, 1.54) is 6.08 Å². The number of nitrogens with zero attached hydrogens (tertiary/aromatic N) is 3. The Bertz CT molecular complexity index is 1370. The zero-order chi connectivity index (χ0) is 24.5. The molecule has 0 atom stereocenters. The number of amides is 1. The fourth-order valence-corrected chi connectivity index (χ4v) is 5.12. The molecular formula is C22H19ClN4O5S2. The summed E-state index contributed by atoms with van der Waals surface area (Å²) in [6, 6.07) is 12.4. The molecule has 2 aliphatic heterocycles. The third kappa shape index (κ3) is 5.01. The largest absolute Gasteiger partial charge is 0.490 e. The van der Waals surface area contributed by atoms with Crippen molar-refractivity contribution in [3.63, 3.8) is 0 Å². The highest BCUT2D eigenvalue weighted by Crippen LogP contribution is 2.33. The summed E-state index contributed by atoms with van der Waals surface area (Å²) in [6.07, 6.45) is 2.44. The van der Waals surface area contributed by atoms with Gasteiger partial charge in [0.15, 0.2) is 11.5 Å². The lowest BCUT2D eigenvalue weighted by Crippen LogP contribution is -2.45. The van der Waals surface area contributed by atoms with E-state index >= 15 is 0 Å². The number of carbonyl (C=O) groups is 1. The van der Waals surface area contributed by atoms with Gasteiger partial charge in [-0.3, -0.25) is 10.2 Å². The number of carbonyl (C=O) groups excluding carboxylic acids is 1. The number of hydrogen-bond donors (Lipinski definition) is 1. The molecule has 0 unspecified atom stereocenters. The van der Waals surface area contributed by atoms with Crippen LogP contribution in [0.4, 0.5) is 0 Å². The molecule has 4 rings (SSSR count). The van der Waals surface area contributed by atoms with Crippen LogP contribution in [0.2, 0.25) is 5.02 Å². The van der Waals surface area contributed by atoms with Crippen LogP contribution >= 0.6 is 23.5 Å². The third-order valence-electron chi connectivity index (χ3n) is 4.71. The van der Waals surface area contributed by atoms with Crippen LogP contribution in [0.5, 0.6) is 11.5 Å². The number of amidine groups is 3. The molecule has 2 aromatic rings. The molecule has 0 spiro atoms. The molecule has 34 heavy (non-hydrogen) atoms. The predicted molar refractivity (Wildman–Crippen MR) is 133 cm³/mol. The smallest absolute Gasteiger partial charge is 0.283 e. The van der Waals surface area contributed by atoms with E-state index < -0.39 is 15.7 Å². The second-order valence-electron chi connectivity index (χ2n) is 7.23. The van der Waals surface area contributed by atoms with Gasteiger partial charge in [-0.1, -0.05) is 29.8 Å². The highest BCUT2D eigenvalue weighted by Gasteiger charge is 2.41. The summed E-state index contributed by atoms with van der Waals surface area (Å²) in [6.45, 7) is 2.53. The van der Waals surface area contributed by atoms with Gasteiger partial charge in [-0.15, -0.1) is 0 Å². The number of ether oxygens (including phenoxy) is 2. The van der Waals surface area contributed by atoms with Crippen molar-refractivity contribution in [2.24, 2.45) is 9.39 Å². The maximum absolute atomic E-state index is 12.6. The van der Waals surface area contributed by atoms with E-state index in [0.717, 1.165) is 28.7 Å². The third-order valence-corrected chi connectivity index (χ3v) is 6.72. The minimum Gasteiger partial charge on any atom is -0.490 e. The van der Waals surface area contributed by atoms with Gasteiger partial charge in [0.2, 0.25) is 20.2 Å². The second kappa shape index (κ2) is 9.61. The van der Waals surface area contributed by atoms with Crippen LogP contribution in [0.1, 0.15) is 18.1 Å². The molecule has 176 valence electrons. The first-order valence-electron chi connectivity index (χ1n) is 10.0. The van der Waals surface area contributed by atoms with Gasteiger partial charge in [0.1, 0.15) is 12.4 Å². The van der Waals surface area contributed by atoms with Gasteiger partial charge in [-0.25, -0.2) is 13.3 Å². The van der Waals surface area contributed by atoms with Crippen molar-refractivity contribution >= 4 is 61.5 Å². The van der Waals surface area contributed by atoms with Gasteiger partial charge in [-0.05, 0) is 48.4 Å². The van der Waals surface area contributed by atoms with Gasteiger partial charge in [0.25, 0.3) is 5.91 Å². The number of benzene rings is 2. The molecule has 0 radical (unpaired) electrons. The van der Waals surface area contributed by atoms with Crippen molar-refractivity contribution in [3.05, 3.63) is 64.2 Å². The Morgan fingerprint density at radius 1 is 1.15 bits per heavy atom. The number of hydrogen-bond acceptors (Lipinski definition) is 8. The van der Waals surface area contributed by atoms with Crippen molar-refractivity contribution in [2.75, 3.05) is 12.9 Å². The molecule has 0 aliphatic carbocycles. The van der Waals surface area contributed by atoms with Gasteiger partial charge in [0, 0.05) is 11.3 Å². The van der Waals surface area contributed by atoms with E-state index in [1.54, 1.807) is 30.3 Å². The first kappa shape index (κ1) is 24.0. The van der Waals surface area contributed by atoms with E-state index in [9.17, 15) is 13.2 Å². The number of fused-ring (bicyclic) bond motifs is 1. The van der Waals surface area contributed by atoms with Gasteiger partial charge in [-0.2, -0.15) is 9.39 Å². The Labute approximate surface area is 205 Å². The Balaban J connectivity index is 1.61. The molecule has 9 nitrogen and oxygen atoms in total. The van der Waals surface area contributed by atoms with Crippen LogP contribution in [0.25, 0.3) is 6.08 Å². The lowest BCUT2D eigenvalue weighted by atomic mass is 10.1. The number of rotatable bonds is 6. The van der Waals surface area contributed by atoms with Crippen molar-refractivity contribution < 1.29 is 22.7 Å². The zero-order valence-electron chi connectivity index (χ0n) is 18.1. The summed E-state index contributed by atoms with van der Waals surface area (Å²) >= 11 is 6.66. The van der Waals surface area contributed by atoms with Crippen molar-refractivity contribution in [2.45, 2.75) is 13.5 Å². The fourth-order valence-electron chi connectivity index (χ4n) is 3.15. The van der Waals surface area contributed by atoms with Crippen LogP contribution < -0.4 is 9.47 Å². The van der Waals surface area contributed by atoms with Crippen LogP contribution in [0.15, 0.2) is 57.4 Å². The molecule has 0 aromatic heterocycles. The summed E-state index contributed by atoms with van der Waals surface area (Å²) in [5, 5.41) is 8.79. The Morgan fingerprint density at radius 3 is 2.56 bits per heavy atom. The van der Waals surface area contributed by atoms with Crippen LogP contribution in [0, 0.1) is 5.41 Å². The van der Waals surface area contributed by atoms with E-state index in [-0.39, 0.29) is 21.7 Å². The predicted octanol–water partition coefficient (Wildman–Crippen LogP) is 3.94. The molecule has 0 saturated carbocycles. The molecular weight excluding hydrogens is 500 g/mol. The number of sulfone groups is 1. The standard InChI is InChI=1S/C22H19ClN4O5S2/c1-3-31-18-11-14(6-9-17(18)32-12-13-4-7-15(23)8-5-13)10-16-19(24)27-21(25-20(16)28)33-26-22(27)34(2,29)30/h4-11,24H,3,12H2,1-2H3/b16-10-,24-19?. The lowest BCUT2D eigenvalue weighted by Gasteiger charge is -2.23. The lowest BCUT2D eigenvalue weighted by molar-refractivity contribution is -0.114. The first-order chi connectivity index (χ1) is 16.2. The van der Waals surface area contributed by atoms with Crippen molar-refractivity contribution in [1.29, 1.82) is 5.41 Å². The highest BCUT2D eigenvalue weighted by atomic mass is 35.5. The van der Waals surface area contributed by atoms with Crippen LogP contribution in [0.3, 0.4) is 0 Å². The molecule has 0 bridgehead atoms. The molecule has 12 heteroatoms. The van der Waals surface area contributed by atoms with Crippen molar-refractivity contribution in [3.8, 4) is 11.5 Å². The summed E-state index contributed by atoms with van der Waals surface area (Å²) in [7, 11) is -3.72. The molecule has 1 N–H and O–H groups in total. The van der Waals surface area contributed by atoms with Gasteiger partial charge in [0.05, 0.1) is 24.1 Å². The fraction of sp³-hybridized carbons (Fsp3) is 0.182. The van der Waals surface area contributed by atoms with E-state index in [2.05, 4.69) is 9.39 Å². The van der Waals surface area contributed by atoms with E-state index in [1.807, 2.05) is 19.1 Å². The van der Waals surface area contributed by atoms with E-state index in [0.29, 0.717) is 35.3 Å². The van der Waals surface area contributed by atoms with E-state index in [4.69, 9.17) is 26.5 Å². The summed E-state index contributed by atoms with van der Waals surface area (Å²) in [4.78, 5) is 17.5.